The number of likely N-dealkylation sites (tertiary alicyclic amines) is 1. The summed E-state index contributed by atoms with van der Waals surface area (Å²) in [5.41, 5.74) is -0.283. The van der Waals surface area contributed by atoms with Crippen LogP contribution in [0.1, 0.15) is 33.6 Å². The summed E-state index contributed by atoms with van der Waals surface area (Å²) in [6.07, 6.45) is 1.45. The minimum absolute atomic E-state index is 0.0745. The number of urea groups is 1. The van der Waals surface area contributed by atoms with Crippen molar-refractivity contribution in [2.75, 3.05) is 19.6 Å². The highest BCUT2D eigenvalue weighted by Gasteiger charge is 2.26. The van der Waals surface area contributed by atoms with Gasteiger partial charge in [-0.15, -0.1) is 0 Å². The third kappa shape index (κ3) is 5.97. The molecule has 0 unspecified atom stereocenters. The Morgan fingerprint density at radius 1 is 1.28 bits per heavy atom. The van der Waals surface area contributed by atoms with E-state index in [9.17, 15) is 17.6 Å². The standard InChI is InChI=1S/C17H26FN3O3S/c1-17(2,3)20-16(22)21-9-7-13(8-10-21)12-19-25(23,24)15-6-4-5-14(18)11-15/h4-6,11,13,19H,7-10,12H2,1-3H3,(H,20,22). The van der Waals surface area contributed by atoms with Crippen LogP contribution in [0.5, 0.6) is 0 Å². The molecule has 2 rings (SSSR count). The lowest BCUT2D eigenvalue weighted by Gasteiger charge is -2.34. The van der Waals surface area contributed by atoms with Gasteiger partial charge in [-0.2, -0.15) is 0 Å². The maximum absolute atomic E-state index is 13.2. The number of rotatable bonds is 4. The molecule has 0 bridgehead atoms. The van der Waals surface area contributed by atoms with Gasteiger partial charge in [0.15, 0.2) is 0 Å². The quantitative estimate of drug-likeness (QED) is 0.853. The van der Waals surface area contributed by atoms with Crippen molar-refractivity contribution in [3.8, 4) is 0 Å². The van der Waals surface area contributed by atoms with Gasteiger partial charge in [-0.05, 0) is 57.7 Å². The lowest BCUT2D eigenvalue weighted by Crippen LogP contribution is -2.51. The molecule has 0 spiro atoms. The summed E-state index contributed by atoms with van der Waals surface area (Å²) < 4.78 is 40.1. The van der Waals surface area contributed by atoms with E-state index in [4.69, 9.17) is 0 Å². The molecule has 1 aromatic rings. The summed E-state index contributed by atoms with van der Waals surface area (Å²) in [7, 11) is -3.72. The molecule has 0 atom stereocenters. The maximum Gasteiger partial charge on any atom is 0.317 e. The van der Waals surface area contributed by atoms with E-state index < -0.39 is 15.8 Å². The lowest BCUT2D eigenvalue weighted by atomic mass is 9.97. The summed E-state index contributed by atoms with van der Waals surface area (Å²) in [5, 5.41) is 2.93. The number of halogens is 1. The number of amides is 2. The normalized spacial score (nSPS) is 16.7. The molecule has 0 saturated carbocycles. The van der Waals surface area contributed by atoms with Gasteiger partial charge < -0.3 is 10.2 Å². The van der Waals surface area contributed by atoms with E-state index >= 15 is 0 Å². The van der Waals surface area contributed by atoms with Crippen LogP contribution in [0.3, 0.4) is 0 Å². The first-order valence-electron chi connectivity index (χ1n) is 8.39. The van der Waals surface area contributed by atoms with E-state index in [1.54, 1.807) is 4.90 Å². The number of piperidine rings is 1. The smallest absolute Gasteiger partial charge is 0.317 e. The number of carbonyl (C=O) groups excluding carboxylic acids is 1. The summed E-state index contributed by atoms with van der Waals surface area (Å²) in [6.45, 7) is 7.26. The van der Waals surface area contributed by atoms with Crippen LogP contribution in [0.4, 0.5) is 9.18 Å². The molecular weight excluding hydrogens is 345 g/mol. The molecule has 8 heteroatoms. The van der Waals surface area contributed by atoms with Crippen molar-refractivity contribution >= 4 is 16.1 Å². The molecule has 25 heavy (non-hydrogen) atoms. The number of nitrogens with zero attached hydrogens (tertiary/aromatic N) is 1. The van der Waals surface area contributed by atoms with E-state index in [2.05, 4.69) is 10.0 Å². The lowest BCUT2D eigenvalue weighted by molar-refractivity contribution is 0.163. The zero-order valence-corrected chi connectivity index (χ0v) is 15.7. The third-order valence-electron chi connectivity index (χ3n) is 4.05. The predicted octanol–water partition coefficient (Wildman–Crippen LogP) is 2.32. The van der Waals surface area contributed by atoms with Crippen LogP contribution < -0.4 is 10.0 Å². The second-order valence-corrected chi connectivity index (χ2v) is 9.19. The van der Waals surface area contributed by atoms with Gasteiger partial charge in [-0.1, -0.05) is 6.07 Å². The fourth-order valence-corrected chi connectivity index (χ4v) is 3.83. The first kappa shape index (κ1) is 19.7. The van der Waals surface area contributed by atoms with Crippen LogP contribution in [0.15, 0.2) is 29.2 Å². The molecule has 1 aliphatic rings. The SMILES string of the molecule is CC(C)(C)NC(=O)N1CCC(CNS(=O)(=O)c2cccc(F)c2)CC1. The Morgan fingerprint density at radius 3 is 2.48 bits per heavy atom. The first-order chi connectivity index (χ1) is 11.6. The zero-order valence-electron chi connectivity index (χ0n) is 14.9. The molecule has 6 nitrogen and oxygen atoms in total. The van der Waals surface area contributed by atoms with Gasteiger partial charge in [-0.25, -0.2) is 22.3 Å². The van der Waals surface area contributed by atoms with Crippen molar-refractivity contribution in [1.82, 2.24) is 14.9 Å². The van der Waals surface area contributed by atoms with Crippen molar-refractivity contribution in [3.63, 3.8) is 0 Å². The van der Waals surface area contributed by atoms with E-state index in [0.29, 0.717) is 13.1 Å². The van der Waals surface area contributed by atoms with E-state index in [0.717, 1.165) is 18.9 Å². The topological polar surface area (TPSA) is 78.5 Å². The van der Waals surface area contributed by atoms with Crippen molar-refractivity contribution < 1.29 is 17.6 Å². The van der Waals surface area contributed by atoms with Gasteiger partial charge in [-0.3, -0.25) is 0 Å². The molecule has 140 valence electrons. The van der Waals surface area contributed by atoms with E-state index in [1.165, 1.54) is 18.2 Å². The Bertz CT molecular complexity index is 708. The maximum atomic E-state index is 13.2. The highest BCUT2D eigenvalue weighted by molar-refractivity contribution is 7.89. The Labute approximate surface area is 148 Å². The van der Waals surface area contributed by atoms with Crippen LogP contribution in [0, 0.1) is 11.7 Å². The van der Waals surface area contributed by atoms with E-state index in [1.807, 2.05) is 20.8 Å². The molecule has 1 aliphatic heterocycles. The highest BCUT2D eigenvalue weighted by atomic mass is 32.2. The molecular formula is C17H26FN3O3S. The summed E-state index contributed by atoms with van der Waals surface area (Å²) >= 11 is 0. The van der Waals surface area contributed by atoms with Crippen LogP contribution >= 0.6 is 0 Å². The van der Waals surface area contributed by atoms with Gasteiger partial charge in [0.25, 0.3) is 0 Å². The summed E-state index contributed by atoms with van der Waals surface area (Å²) in [4.78, 5) is 13.8. The average Bonchev–Trinajstić information content (AvgIpc) is 2.52. The van der Waals surface area contributed by atoms with Crippen molar-refractivity contribution in [1.29, 1.82) is 0 Å². The minimum Gasteiger partial charge on any atom is -0.333 e. The fourth-order valence-electron chi connectivity index (χ4n) is 2.69. The Hall–Kier alpha value is -1.67. The fraction of sp³-hybridized carbons (Fsp3) is 0.588. The Morgan fingerprint density at radius 2 is 1.92 bits per heavy atom. The molecule has 0 aromatic heterocycles. The van der Waals surface area contributed by atoms with Crippen molar-refractivity contribution in [2.45, 2.75) is 44.0 Å². The molecule has 2 N–H and O–H groups in total. The van der Waals surface area contributed by atoms with Gasteiger partial charge in [0, 0.05) is 25.2 Å². The summed E-state index contributed by atoms with van der Waals surface area (Å²) in [6, 6.07) is 4.85. The third-order valence-corrected chi connectivity index (χ3v) is 5.47. The molecule has 0 aliphatic carbocycles. The second-order valence-electron chi connectivity index (χ2n) is 7.42. The Kier molecular flexibility index (Phi) is 6.05. The van der Waals surface area contributed by atoms with E-state index in [-0.39, 0.29) is 28.9 Å². The van der Waals surface area contributed by atoms with Gasteiger partial charge >= 0.3 is 6.03 Å². The molecule has 1 saturated heterocycles. The molecule has 1 aromatic carbocycles. The number of hydrogen-bond donors (Lipinski definition) is 2. The second kappa shape index (κ2) is 7.70. The highest BCUT2D eigenvalue weighted by Crippen LogP contribution is 2.18. The molecule has 0 radical (unpaired) electrons. The number of sulfonamides is 1. The molecule has 1 heterocycles. The van der Waals surface area contributed by atoms with Crippen LogP contribution in [0.25, 0.3) is 0 Å². The Balaban J connectivity index is 1.83. The van der Waals surface area contributed by atoms with Crippen LogP contribution in [-0.2, 0) is 10.0 Å². The number of hydrogen-bond acceptors (Lipinski definition) is 3. The molecule has 2 amide bonds. The van der Waals surface area contributed by atoms with Gasteiger partial charge in [0.05, 0.1) is 4.90 Å². The minimum atomic E-state index is -3.72. The largest absolute Gasteiger partial charge is 0.333 e. The van der Waals surface area contributed by atoms with Gasteiger partial charge in [0.1, 0.15) is 5.82 Å². The number of carbonyl (C=O) groups is 1. The van der Waals surface area contributed by atoms with Gasteiger partial charge in [0.2, 0.25) is 10.0 Å². The molecule has 1 fully saturated rings. The number of nitrogens with one attached hydrogen (secondary N) is 2. The van der Waals surface area contributed by atoms with Crippen LogP contribution in [0.2, 0.25) is 0 Å². The van der Waals surface area contributed by atoms with Crippen molar-refractivity contribution in [3.05, 3.63) is 30.1 Å². The van der Waals surface area contributed by atoms with Crippen molar-refractivity contribution in [2.24, 2.45) is 5.92 Å². The summed E-state index contributed by atoms with van der Waals surface area (Å²) in [5.74, 6) is -0.428. The number of benzene rings is 1. The average molecular weight is 371 g/mol. The van der Waals surface area contributed by atoms with Crippen LogP contribution in [-0.4, -0.2) is 44.5 Å². The first-order valence-corrected chi connectivity index (χ1v) is 9.87. The monoisotopic (exact) mass is 371 g/mol. The predicted molar refractivity (Wildman–Crippen MR) is 94.2 cm³/mol. The zero-order chi connectivity index (χ0) is 18.7.